The molecule has 0 aliphatic heterocycles. The summed E-state index contributed by atoms with van der Waals surface area (Å²) in [4.78, 5) is 0. The van der Waals surface area contributed by atoms with Crippen molar-refractivity contribution < 1.29 is 9.13 Å². The van der Waals surface area contributed by atoms with Gasteiger partial charge in [0.15, 0.2) is 0 Å². The van der Waals surface area contributed by atoms with Crippen LogP contribution in [0.3, 0.4) is 0 Å². The zero-order valence-corrected chi connectivity index (χ0v) is 11.5. The Labute approximate surface area is 115 Å². The van der Waals surface area contributed by atoms with Gasteiger partial charge in [-0.25, -0.2) is 4.39 Å². The van der Waals surface area contributed by atoms with Crippen molar-refractivity contribution in [2.75, 3.05) is 19.7 Å². The second-order valence-electron chi connectivity index (χ2n) is 5.35. The average molecular weight is 265 g/mol. The fraction of sp³-hybridized carbons (Fsp3) is 0.625. The molecule has 0 heterocycles. The van der Waals surface area contributed by atoms with Crippen LogP contribution in [0.5, 0.6) is 0 Å². The van der Waals surface area contributed by atoms with Crippen molar-refractivity contribution in [1.29, 1.82) is 0 Å². The third-order valence-electron chi connectivity index (χ3n) is 3.80. The Morgan fingerprint density at radius 3 is 2.74 bits per heavy atom. The summed E-state index contributed by atoms with van der Waals surface area (Å²) in [6.45, 7) is 2.95. The van der Waals surface area contributed by atoms with Crippen LogP contribution >= 0.6 is 0 Å². The second-order valence-corrected chi connectivity index (χ2v) is 5.35. The second kappa shape index (κ2) is 8.28. The lowest BCUT2D eigenvalue weighted by molar-refractivity contribution is 0.119. The van der Waals surface area contributed by atoms with Crippen molar-refractivity contribution in [3.63, 3.8) is 0 Å². The summed E-state index contributed by atoms with van der Waals surface area (Å²) >= 11 is 0. The smallest absolute Gasteiger partial charge is 0.128 e. The summed E-state index contributed by atoms with van der Waals surface area (Å²) in [7, 11) is 0. The quantitative estimate of drug-likeness (QED) is 0.762. The molecular weight excluding hydrogens is 241 g/mol. The van der Waals surface area contributed by atoms with Crippen molar-refractivity contribution in [2.24, 2.45) is 5.92 Å². The highest BCUT2D eigenvalue weighted by Crippen LogP contribution is 2.22. The molecule has 1 fully saturated rings. The number of benzene rings is 1. The third-order valence-corrected chi connectivity index (χ3v) is 3.80. The predicted octanol–water partition coefficient (Wildman–Crippen LogP) is 3.51. The molecule has 1 N–H and O–H groups in total. The zero-order valence-electron chi connectivity index (χ0n) is 11.5. The summed E-state index contributed by atoms with van der Waals surface area (Å²) < 4.78 is 18.8. The van der Waals surface area contributed by atoms with E-state index < -0.39 is 0 Å². The van der Waals surface area contributed by atoms with E-state index in [9.17, 15) is 4.39 Å². The van der Waals surface area contributed by atoms with Gasteiger partial charge in [-0.2, -0.15) is 0 Å². The summed E-state index contributed by atoms with van der Waals surface area (Å²) in [6.07, 6.45) is 6.90. The molecule has 3 heteroatoms. The number of ether oxygens (including phenoxy) is 1. The van der Waals surface area contributed by atoms with Crippen LogP contribution in [0.4, 0.5) is 4.39 Å². The number of hydrogen-bond acceptors (Lipinski definition) is 2. The minimum atomic E-state index is -0.183. The minimum absolute atomic E-state index is 0.183. The zero-order chi connectivity index (χ0) is 13.3. The maximum Gasteiger partial charge on any atom is 0.128 e. The van der Waals surface area contributed by atoms with Crippen LogP contribution < -0.4 is 5.32 Å². The van der Waals surface area contributed by atoms with Gasteiger partial charge in [0.05, 0.1) is 13.2 Å². The van der Waals surface area contributed by atoms with Crippen LogP contribution in [0.1, 0.15) is 37.7 Å². The Hall–Kier alpha value is -0.930. The van der Waals surface area contributed by atoms with Crippen molar-refractivity contribution in [1.82, 2.24) is 5.32 Å². The van der Waals surface area contributed by atoms with Gasteiger partial charge < -0.3 is 10.1 Å². The SMILES string of the molecule is Fc1ccccc1COCCNCC1CCCCC1. The van der Waals surface area contributed by atoms with Crippen LogP contribution in [0.15, 0.2) is 24.3 Å². The first-order valence-electron chi connectivity index (χ1n) is 7.38. The highest BCUT2D eigenvalue weighted by molar-refractivity contribution is 5.16. The molecule has 0 saturated heterocycles. The highest BCUT2D eigenvalue weighted by Gasteiger charge is 2.12. The van der Waals surface area contributed by atoms with Crippen molar-refractivity contribution >= 4 is 0 Å². The molecular formula is C16H24FNO. The van der Waals surface area contributed by atoms with Gasteiger partial charge in [0.2, 0.25) is 0 Å². The van der Waals surface area contributed by atoms with Crippen LogP contribution in [0.25, 0.3) is 0 Å². The lowest BCUT2D eigenvalue weighted by Gasteiger charge is -2.21. The minimum Gasteiger partial charge on any atom is -0.375 e. The van der Waals surface area contributed by atoms with Gasteiger partial charge in [-0.15, -0.1) is 0 Å². The van der Waals surface area contributed by atoms with E-state index >= 15 is 0 Å². The van der Waals surface area contributed by atoms with Crippen molar-refractivity contribution in [3.05, 3.63) is 35.6 Å². The molecule has 19 heavy (non-hydrogen) atoms. The Bertz CT molecular complexity index is 364. The number of nitrogens with one attached hydrogen (secondary N) is 1. The molecule has 106 valence electrons. The molecule has 1 aliphatic carbocycles. The van der Waals surface area contributed by atoms with Crippen molar-refractivity contribution in [2.45, 2.75) is 38.7 Å². The fourth-order valence-electron chi connectivity index (χ4n) is 2.64. The maximum absolute atomic E-state index is 13.3. The molecule has 2 rings (SSSR count). The summed E-state index contributed by atoms with van der Waals surface area (Å²) in [5, 5.41) is 3.44. The van der Waals surface area contributed by atoms with E-state index in [1.54, 1.807) is 12.1 Å². The Morgan fingerprint density at radius 2 is 1.95 bits per heavy atom. The first kappa shape index (κ1) is 14.5. The largest absolute Gasteiger partial charge is 0.375 e. The molecule has 0 spiro atoms. The van der Waals surface area contributed by atoms with E-state index in [1.807, 2.05) is 6.07 Å². The van der Waals surface area contributed by atoms with Gasteiger partial charge in [-0.3, -0.25) is 0 Å². The van der Waals surface area contributed by atoms with E-state index in [0.717, 1.165) is 19.0 Å². The lowest BCUT2D eigenvalue weighted by Crippen LogP contribution is -2.27. The molecule has 1 aromatic carbocycles. The molecule has 0 bridgehead atoms. The Balaban J connectivity index is 1.51. The van der Waals surface area contributed by atoms with Gasteiger partial charge in [-0.05, 0) is 31.4 Å². The third kappa shape index (κ3) is 5.29. The Kier molecular flexibility index (Phi) is 6.31. The van der Waals surface area contributed by atoms with Crippen LogP contribution in [0, 0.1) is 11.7 Å². The van der Waals surface area contributed by atoms with Crippen molar-refractivity contribution in [3.8, 4) is 0 Å². The first-order chi connectivity index (χ1) is 9.36. The predicted molar refractivity (Wildman–Crippen MR) is 75.5 cm³/mol. The maximum atomic E-state index is 13.3. The molecule has 0 atom stereocenters. The average Bonchev–Trinajstić information content (AvgIpc) is 2.45. The first-order valence-corrected chi connectivity index (χ1v) is 7.38. The number of rotatable bonds is 7. The molecule has 2 nitrogen and oxygen atoms in total. The fourth-order valence-corrected chi connectivity index (χ4v) is 2.64. The molecule has 1 aliphatic rings. The summed E-state index contributed by atoms with van der Waals surface area (Å²) in [5.74, 6) is 0.665. The number of hydrogen-bond donors (Lipinski definition) is 1. The van der Waals surface area contributed by atoms with Gasteiger partial charge in [-0.1, -0.05) is 37.5 Å². The van der Waals surface area contributed by atoms with Gasteiger partial charge >= 0.3 is 0 Å². The van der Waals surface area contributed by atoms with Gasteiger partial charge in [0, 0.05) is 12.1 Å². The van der Waals surface area contributed by atoms with Gasteiger partial charge in [0.1, 0.15) is 5.82 Å². The van der Waals surface area contributed by atoms with E-state index in [2.05, 4.69) is 5.32 Å². The normalized spacial score (nSPS) is 16.7. The lowest BCUT2D eigenvalue weighted by atomic mass is 9.89. The molecule has 0 aromatic heterocycles. The topological polar surface area (TPSA) is 21.3 Å². The van der Waals surface area contributed by atoms with Crippen LogP contribution in [0.2, 0.25) is 0 Å². The van der Waals surface area contributed by atoms with Crippen LogP contribution in [-0.2, 0) is 11.3 Å². The van der Waals surface area contributed by atoms with Gasteiger partial charge in [0.25, 0.3) is 0 Å². The molecule has 0 amide bonds. The Morgan fingerprint density at radius 1 is 1.16 bits per heavy atom. The molecule has 0 radical (unpaired) electrons. The molecule has 1 saturated carbocycles. The standard InChI is InChI=1S/C16H24FNO/c17-16-9-5-4-8-15(16)13-19-11-10-18-12-14-6-2-1-3-7-14/h4-5,8-9,14,18H,1-3,6-7,10-13H2. The summed E-state index contributed by atoms with van der Waals surface area (Å²) in [6, 6.07) is 6.78. The van der Waals surface area contributed by atoms with E-state index in [4.69, 9.17) is 4.74 Å². The molecule has 0 unspecified atom stereocenters. The van der Waals surface area contributed by atoms with E-state index in [1.165, 1.54) is 38.2 Å². The summed E-state index contributed by atoms with van der Waals surface area (Å²) in [5.41, 5.74) is 0.634. The molecule has 1 aromatic rings. The van der Waals surface area contributed by atoms with E-state index in [0.29, 0.717) is 18.8 Å². The monoisotopic (exact) mass is 265 g/mol. The van der Waals surface area contributed by atoms with E-state index in [-0.39, 0.29) is 5.82 Å². The van der Waals surface area contributed by atoms with Crippen LogP contribution in [-0.4, -0.2) is 19.7 Å². The highest BCUT2D eigenvalue weighted by atomic mass is 19.1. The number of halogens is 1.